The predicted octanol–water partition coefficient (Wildman–Crippen LogP) is 3.32. The molecule has 1 aliphatic rings. The van der Waals surface area contributed by atoms with E-state index in [0.717, 1.165) is 36.8 Å². The summed E-state index contributed by atoms with van der Waals surface area (Å²) in [5.41, 5.74) is 6.98. The number of nitrogens with zero attached hydrogens (tertiary/aromatic N) is 1. The highest BCUT2D eigenvalue weighted by atomic mass is 16.5. The van der Waals surface area contributed by atoms with E-state index in [1.807, 2.05) is 18.3 Å². The van der Waals surface area contributed by atoms with Crippen LogP contribution in [0, 0.1) is 5.92 Å². The minimum Gasteiger partial charge on any atom is -0.492 e. The lowest BCUT2D eigenvalue weighted by molar-refractivity contribution is 0.208. The van der Waals surface area contributed by atoms with E-state index in [9.17, 15) is 0 Å². The van der Waals surface area contributed by atoms with Crippen molar-refractivity contribution in [3.63, 3.8) is 0 Å². The number of hydrogen-bond donors (Lipinski definition) is 1. The lowest BCUT2D eigenvalue weighted by Crippen LogP contribution is -2.21. The highest BCUT2D eigenvalue weighted by Gasteiger charge is 2.14. The maximum atomic E-state index is 5.93. The fourth-order valence-electron chi connectivity index (χ4n) is 2.60. The molecule has 1 saturated carbocycles. The van der Waals surface area contributed by atoms with Crippen LogP contribution in [0.2, 0.25) is 0 Å². The van der Waals surface area contributed by atoms with E-state index in [-0.39, 0.29) is 6.04 Å². The molecule has 0 aliphatic heterocycles. The van der Waals surface area contributed by atoms with Gasteiger partial charge in [0.15, 0.2) is 0 Å². The minimum atomic E-state index is 0.210. The van der Waals surface area contributed by atoms with Gasteiger partial charge in [-0.3, -0.25) is 4.98 Å². The quantitative estimate of drug-likeness (QED) is 0.855. The average Bonchev–Trinajstić information content (AvgIpc) is 2.47. The summed E-state index contributed by atoms with van der Waals surface area (Å²) >= 11 is 0. The molecular weight excluding hydrogens is 236 g/mol. The Hall–Kier alpha value is -1.09. The van der Waals surface area contributed by atoms with Crippen molar-refractivity contribution >= 4 is 0 Å². The number of ether oxygens (including phenoxy) is 1. The second-order valence-corrected chi connectivity index (χ2v) is 5.67. The summed E-state index contributed by atoms with van der Waals surface area (Å²) in [6.45, 7) is 2.95. The van der Waals surface area contributed by atoms with Crippen LogP contribution >= 0.6 is 0 Å². The van der Waals surface area contributed by atoms with Crippen molar-refractivity contribution in [3.05, 3.63) is 24.0 Å². The van der Waals surface area contributed by atoms with Gasteiger partial charge in [0.1, 0.15) is 5.75 Å². The molecule has 0 saturated heterocycles. The molecule has 3 heteroatoms. The van der Waals surface area contributed by atoms with Gasteiger partial charge in [0.2, 0.25) is 0 Å². The fourth-order valence-corrected chi connectivity index (χ4v) is 2.60. The SMILES string of the molecule is CCC(N)Cc1ccc(OCC2CCCCC2)cn1. The predicted molar refractivity (Wildman–Crippen MR) is 78.3 cm³/mol. The maximum absolute atomic E-state index is 5.93. The number of aromatic nitrogens is 1. The molecule has 19 heavy (non-hydrogen) atoms. The summed E-state index contributed by atoms with van der Waals surface area (Å²) in [7, 11) is 0. The van der Waals surface area contributed by atoms with Crippen LogP contribution in [0.25, 0.3) is 0 Å². The lowest BCUT2D eigenvalue weighted by atomic mass is 9.90. The first kappa shape index (κ1) is 14.3. The molecule has 0 radical (unpaired) electrons. The Morgan fingerprint density at radius 3 is 2.74 bits per heavy atom. The van der Waals surface area contributed by atoms with Crippen LogP contribution in [0.4, 0.5) is 0 Å². The molecule has 1 atom stereocenters. The smallest absolute Gasteiger partial charge is 0.137 e. The van der Waals surface area contributed by atoms with Gasteiger partial charge >= 0.3 is 0 Å². The summed E-state index contributed by atoms with van der Waals surface area (Å²) in [5.74, 6) is 1.63. The Kier molecular flexibility index (Phi) is 5.64. The topological polar surface area (TPSA) is 48.1 Å². The zero-order valence-corrected chi connectivity index (χ0v) is 12.0. The van der Waals surface area contributed by atoms with Crippen LogP contribution in [0.1, 0.15) is 51.1 Å². The molecule has 0 aromatic carbocycles. The number of nitrogens with two attached hydrogens (primary N) is 1. The fraction of sp³-hybridized carbons (Fsp3) is 0.688. The zero-order chi connectivity index (χ0) is 13.5. The van der Waals surface area contributed by atoms with Crippen molar-refractivity contribution in [1.82, 2.24) is 4.98 Å². The first-order valence-electron chi connectivity index (χ1n) is 7.61. The van der Waals surface area contributed by atoms with Crippen molar-refractivity contribution < 1.29 is 4.74 Å². The van der Waals surface area contributed by atoms with Crippen LogP contribution in [-0.2, 0) is 6.42 Å². The highest BCUT2D eigenvalue weighted by molar-refractivity contribution is 5.20. The van der Waals surface area contributed by atoms with E-state index in [1.54, 1.807) is 0 Å². The van der Waals surface area contributed by atoms with Crippen LogP contribution < -0.4 is 10.5 Å². The molecule has 1 fully saturated rings. The largest absolute Gasteiger partial charge is 0.492 e. The van der Waals surface area contributed by atoms with Gasteiger partial charge in [-0.05, 0) is 37.3 Å². The van der Waals surface area contributed by atoms with Gasteiger partial charge < -0.3 is 10.5 Å². The normalized spacial score (nSPS) is 18.2. The van der Waals surface area contributed by atoms with Crippen molar-refractivity contribution in [3.8, 4) is 5.75 Å². The molecule has 3 nitrogen and oxygen atoms in total. The van der Waals surface area contributed by atoms with Gasteiger partial charge in [0, 0.05) is 18.2 Å². The number of pyridine rings is 1. The van der Waals surface area contributed by atoms with Gasteiger partial charge in [0.05, 0.1) is 12.8 Å². The van der Waals surface area contributed by atoms with E-state index in [1.165, 1.54) is 32.1 Å². The van der Waals surface area contributed by atoms with Crippen LogP contribution in [-0.4, -0.2) is 17.6 Å². The third-order valence-electron chi connectivity index (χ3n) is 4.00. The second-order valence-electron chi connectivity index (χ2n) is 5.67. The highest BCUT2D eigenvalue weighted by Crippen LogP contribution is 2.24. The van der Waals surface area contributed by atoms with E-state index < -0.39 is 0 Å². The van der Waals surface area contributed by atoms with Gasteiger partial charge in [-0.15, -0.1) is 0 Å². The summed E-state index contributed by atoms with van der Waals surface area (Å²) < 4.78 is 5.84. The Morgan fingerprint density at radius 2 is 2.11 bits per heavy atom. The monoisotopic (exact) mass is 262 g/mol. The van der Waals surface area contributed by atoms with Crippen LogP contribution in [0.15, 0.2) is 18.3 Å². The Morgan fingerprint density at radius 1 is 1.32 bits per heavy atom. The van der Waals surface area contributed by atoms with Crippen LogP contribution in [0.3, 0.4) is 0 Å². The molecule has 0 amide bonds. The molecule has 1 heterocycles. The molecule has 106 valence electrons. The Balaban J connectivity index is 1.77. The molecule has 0 bridgehead atoms. The van der Waals surface area contributed by atoms with Crippen molar-refractivity contribution in [2.75, 3.05) is 6.61 Å². The third kappa shape index (κ3) is 4.83. The van der Waals surface area contributed by atoms with E-state index >= 15 is 0 Å². The summed E-state index contributed by atoms with van der Waals surface area (Å²) in [6, 6.07) is 4.26. The van der Waals surface area contributed by atoms with E-state index in [0.29, 0.717) is 0 Å². The van der Waals surface area contributed by atoms with E-state index in [2.05, 4.69) is 11.9 Å². The summed E-state index contributed by atoms with van der Waals surface area (Å²) in [5, 5.41) is 0. The van der Waals surface area contributed by atoms with Crippen molar-refractivity contribution in [2.24, 2.45) is 11.7 Å². The zero-order valence-electron chi connectivity index (χ0n) is 12.0. The summed E-state index contributed by atoms with van der Waals surface area (Å²) in [4.78, 5) is 4.43. The standard InChI is InChI=1S/C16H26N2O/c1-2-14(17)10-15-8-9-16(11-18-15)19-12-13-6-4-3-5-7-13/h8-9,11,13-14H,2-7,10,12,17H2,1H3. The molecule has 2 N–H and O–H groups in total. The van der Waals surface area contributed by atoms with Gasteiger partial charge in [0.25, 0.3) is 0 Å². The maximum Gasteiger partial charge on any atom is 0.137 e. The molecule has 0 spiro atoms. The van der Waals surface area contributed by atoms with E-state index in [4.69, 9.17) is 10.5 Å². The van der Waals surface area contributed by atoms with Crippen molar-refractivity contribution in [1.29, 1.82) is 0 Å². The molecule has 2 rings (SSSR count). The Labute approximate surface area is 116 Å². The number of rotatable bonds is 6. The molecule has 1 aromatic rings. The molecule has 1 unspecified atom stereocenters. The Bertz CT molecular complexity index is 358. The molecule has 1 aromatic heterocycles. The molecular formula is C16H26N2O. The first-order chi connectivity index (χ1) is 9.28. The first-order valence-corrected chi connectivity index (χ1v) is 7.61. The van der Waals surface area contributed by atoms with Gasteiger partial charge in [-0.25, -0.2) is 0 Å². The summed E-state index contributed by atoms with van der Waals surface area (Å²) in [6.07, 6.45) is 10.4. The minimum absolute atomic E-state index is 0.210. The second kappa shape index (κ2) is 7.49. The lowest BCUT2D eigenvalue weighted by Gasteiger charge is -2.21. The number of hydrogen-bond acceptors (Lipinski definition) is 3. The van der Waals surface area contributed by atoms with Crippen molar-refractivity contribution in [2.45, 2.75) is 57.9 Å². The third-order valence-corrected chi connectivity index (χ3v) is 4.00. The van der Waals surface area contributed by atoms with Gasteiger partial charge in [-0.2, -0.15) is 0 Å². The average molecular weight is 262 g/mol. The molecule has 1 aliphatic carbocycles. The van der Waals surface area contributed by atoms with Crippen LogP contribution in [0.5, 0.6) is 5.75 Å². The van der Waals surface area contributed by atoms with Gasteiger partial charge in [-0.1, -0.05) is 26.2 Å².